The van der Waals surface area contributed by atoms with E-state index in [0.717, 1.165) is 32.3 Å². The highest BCUT2D eigenvalue weighted by Gasteiger charge is 2.19. The molecular formula is C18H28N2O4S. The molecule has 1 aliphatic rings. The van der Waals surface area contributed by atoms with Gasteiger partial charge in [-0.1, -0.05) is 30.3 Å². The maximum Gasteiger partial charge on any atom is 0.221 e. The Bertz CT molecular complexity index is 628. The van der Waals surface area contributed by atoms with Crippen LogP contribution in [0, 0.1) is 0 Å². The van der Waals surface area contributed by atoms with Crippen LogP contribution in [-0.4, -0.2) is 57.2 Å². The van der Waals surface area contributed by atoms with E-state index in [1.165, 1.54) is 16.1 Å². The highest BCUT2D eigenvalue weighted by Crippen LogP contribution is 2.11. The number of nitrogens with zero attached hydrogens (tertiary/aromatic N) is 1. The van der Waals surface area contributed by atoms with Crippen LogP contribution in [0.5, 0.6) is 0 Å². The number of carbonyl (C=O) groups excluding carboxylic acids is 1. The number of nitrogens with one attached hydrogen (secondary N) is 1. The van der Waals surface area contributed by atoms with Crippen LogP contribution in [0.2, 0.25) is 0 Å². The van der Waals surface area contributed by atoms with Crippen LogP contribution >= 0.6 is 0 Å². The summed E-state index contributed by atoms with van der Waals surface area (Å²) in [5.41, 5.74) is 1.19. The van der Waals surface area contributed by atoms with Crippen LogP contribution < -0.4 is 5.32 Å². The molecule has 6 nitrogen and oxygen atoms in total. The number of hydrogen-bond acceptors (Lipinski definition) is 4. The van der Waals surface area contributed by atoms with Crippen LogP contribution in [0.3, 0.4) is 0 Å². The molecule has 25 heavy (non-hydrogen) atoms. The Morgan fingerprint density at radius 1 is 1.28 bits per heavy atom. The Balaban J connectivity index is 1.72. The quantitative estimate of drug-likeness (QED) is 0.680. The third-order valence-corrected chi connectivity index (χ3v) is 5.63. The zero-order valence-corrected chi connectivity index (χ0v) is 15.6. The van der Waals surface area contributed by atoms with Crippen LogP contribution in [0.25, 0.3) is 0 Å². The zero-order chi connectivity index (χ0) is 18.1. The molecule has 1 heterocycles. The molecule has 1 N–H and O–H groups in total. The van der Waals surface area contributed by atoms with Gasteiger partial charge in [0.1, 0.15) is 0 Å². The van der Waals surface area contributed by atoms with E-state index in [9.17, 15) is 13.2 Å². The number of ether oxygens (including phenoxy) is 1. The molecular weight excluding hydrogens is 340 g/mol. The monoisotopic (exact) mass is 368 g/mol. The minimum Gasteiger partial charge on any atom is -0.376 e. The third kappa shape index (κ3) is 7.54. The van der Waals surface area contributed by atoms with Crippen molar-refractivity contribution in [1.82, 2.24) is 9.62 Å². The highest BCUT2D eigenvalue weighted by molar-refractivity contribution is 7.88. The summed E-state index contributed by atoms with van der Waals surface area (Å²) in [6, 6.07) is 9.97. The van der Waals surface area contributed by atoms with Crippen molar-refractivity contribution in [3.05, 3.63) is 35.9 Å². The largest absolute Gasteiger partial charge is 0.376 e. The third-order valence-electron chi connectivity index (χ3n) is 4.32. The second kappa shape index (κ2) is 9.89. The van der Waals surface area contributed by atoms with Crippen molar-refractivity contribution in [1.29, 1.82) is 0 Å². The van der Waals surface area contributed by atoms with E-state index in [2.05, 4.69) is 5.32 Å². The van der Waals surface area contributed by atoms with Gasteiger partial charge in [-0.05, 0) is 31.2 Å². The number of sulfonamides is 1. The zero-order valence-electron chi connectivity index (χ0n) is 14.8. The Labute approximate surface area is 150 Å². The normalized spacial score (nSPS) is 17.8. The number of hydrogen-bond donors (Lipinski definition) is 1. The first-order chi connectivity index (χ1) is 11.9. The SMILES string of the molecule is CS(=O)(=O)N(CCCc1ccccc1)CCC(=O)NCC1CCCO1. The van der Waals surface area contributed by atoms with Gasteiger partial charge >= 0.3 is 0 Å². The summed E-state index contributed by atoms with van der Waals surface area (Å²) in [7, 11) is -3.32. The summed E-state index contributed by atoms with van der Waals surface area (Å²) >= 11 is 0. The molecule has 1 saturated heterocycles. The smallest absolute Gasteiger partial charge is 0.221 e. The molecule has 7 heteroatoms. The van der Waals surface area contributed by atoms with E-state index < -0.39 is 10.0 Å². The molecule has 1 aliphatic heterocycles. The van der Waals surface area contributed by atoms with Crippen LogP contribution in [-0.2, 0) is 26.0 Å². The Morgan fingerprint density at radius 2 is 2.04 bits per heavy atom. The van der Waals surface area contributed by atoms with Gasteiger partial charge in [0.05, 0.1) is 12.4 Å². The summed E-state index contributed by atoms with van der Waals surface area (Å²) in [5.74, 6) is -0.132. The fraction of sp³-hybridized carbons (Fsp3) is 0.611. The number of amides is 1. The van der Waals surface area contributed by atoms with Crippen LogP contribution in [0.4, 0.5) is 0 Å². The lowest BCUT2D eigenvalue weighted by Crippen LogP contribution is -2.37. The Kier molecular flexibility index (Phi) is 7.87. The van der Waals surface area contributed by atoms with Crippen molar-refractivity contribution < 1.29 is 17.9 Å². The lowest BCUT2D eigenvalue weighted by Gasteiger charge is -2.20. The first-order valence-corrected chi connectivity index (χ1v) is 10.7. The Morgan fingerprint density at radius 3 is 2.68 bits per heavy atom. The van der Waals surface area contributed by atoms with Gasteiger partial charge in [0.2, 0.25) is 15.9 Å². The molecule has 140 valence electrons. The minimum absolute atomic E-state index is 0.0980. The van der Waals surface area contributed by atoms with Crippen LogP contribution in [0.1, 0.15) is 31.2 Å². The molecule has 1 fully saturated rings. The van der Waals surface area contributed by atoms with E-state index >= 15 is 0 Å². The average molecular weight is 368 g/mol. The molecule has 0 aliphatic carbocycles. The van der Waals surface area contributed by atoms with E-state index in [-0.39, 0.29) is 25.0 Å². The first-order valence-electron chi connectivity index (χ1n) is 8.82. The maximum absolute atomic E-state index is 11.9. The number of benzene rings is 1. The van der Waals surface area contributed by atoms with Crippen molar-refractivity contribution in [2.24, 2.45) is 0 Å². The van der Waals surface area contributed by atoms with Crippen molar-refractivity contribution in [2.45, 2.75) is 38.2 Å². The van der Waals surface area contributed by atoms with Crippen molar-refractivity contribution in [3.8, 4) is 0 Å². The van der Waals surface area contributed by atoms with Gasteiger partial charge in [-0.2, -0.15) is 0 Å². The number of carbonyl (C=O) groups is 1. The molecule has 1 unspecified atom stereocenters. The van der Waals surface area contributed by atoms with Crippen LogP contribution in [0.15, 0.2) is 30.3 Å². The molecule has 1 aromatic rings. The standard InChI is InChI=1S/C18H28N2O4S/c1-25(22,23)20(12-5-9-16-7-3-2-4-8-16)13-11-18(21)19-15-17-10-6-14-24-17/h2-4,7-8,17H,5-6,9-15H2,1H3,(H,19,21). The number of rotatable bonds is 10. The van der Waals surface area contributed by atoms with E-state index in [0.29, 0.717) is 13.1 Å². The first kappa shape index (κ1) is 19.9. The van der Waals surface area contributed by atoms with E-state index in [4.69, 9.17) is 4.74 Å². The van der Waals surface area contributed by atoms with Crippen molar-refractivity contribution in [2.75, 3.05) is 32.5 Å². The fourth-order valence-corrected chi connectivity index (χ4v) is 3.78. The van der Waals surface area contributed by atoms with Gasteiger partial charge in [0, 0.05) is 32.7 Å². The van der Waals surface area contributed by atoms with Gasteiger partial charge in [0.25, 0.3) is 0 Å². The second-order valence-corrected chi connectivity index (χ2v) is 8.42. The minimum atomic E-state index is -3.32. The molecule has 2 rings (SSSR count). The molecule has 0 aromatic heterocycles. The molecule has 0 saturated carbocycles. The molecule has 1 amide bonds. The summed E-state index contributed by atoms with van der Waals surface area (Å²) < 4.78 is 30.7. The molecule has 1 aromatic carbocycles. The lowest BCUT2D eigenvalue weighted by molar-refractivity contribution is -0.121. The molecule has 0 spiro atoms. The van der Waals surface area contributed by atoms with Gasteiger partial charge < -0.3 is 10.1 Å². The van der Waals surface area contributed by atoms with Gasteiger partial charge in [-0.25, -0.2) is 12.7 Å². The number of aryl methyl sites for hydroxylation is 1. The van der Waals surface area contributed by atoms with Gasteiger partial charge in [0.15, 0.2) is 0 Å². The maximum atomic E-state index is 11.9. The summed E-state index contributed by atoms with van der Waals surface area (Å²) in [5, 5.41) is 2.83. The fourth-order valence-electron chi connectivity index (χ4n) is 2.90. The van der Waals surface area contributed by atoms with Crippen molar-refractivity contribution in [3.63, 3.8) is 0 Å². The predicted octanol–water partition coefficient (Wildman–Crippen LogP) is 1.57. The summed E-state index contributed by atoms with van der Waals surface area (Å²) in [6.45, 7) is 1.90. The van der Waals surface area contributed by atoms with Gasteiger partial charge in [-0.3, -0.25) is 4.79 Å². The van der Waals surface area contributed by atoms with E-state index in [1.807, 2.05) is 30.3 Å². The van der Waals surface area contributed by atoms with Crippen molar-refractivity contribution >= 4 is 15.9 Å². The Hall–Kier alpha value is -1.44. The highest BCUT2D eigenvalue weighted by atomic mass is 32.2. The van der Waals surface area contributed by atoms with E-state index in [1.54, 1.807) is 0 Å². The second-order valence-electron chi connectivity index (χ2n) is 6.44. The molecule has 0 bridgehead atoms. The predicted molar refractivity (Wildman–Crippen MR) is 97.8 cm³/mol. The summed E-state index contributed by atoms with van der Waals surface area (Å²) in [4.78, 5) is 11.9. The average Bonchev–Trinajstić information content (AvgIpc) is 3.09. The molecule has 0 radical (unpaired) electrons. The summed E-state index contributed by atoms with van der Waals surface area (Å²) in [6.07, 6.45) is 5.01. The van der Waals surface area contributed by atoms with Gasteiger partial charge in [-0.15, -0.1) is 0 Å². The lowest BCUT2D eigenvalue weighted by atomic mass is 10.1. The molecule has 1 atom stereocenters. The topological polar surface area (TPSA) is 75.7 Å².